The highest BCUT2D eigenvalue weighted by molar-refractivity contribution is 7.86. The fraction of sp³-hybridized carbons (Fsp3) is 0.0541. The van der Waals surface area contributed by atoms with Gasteiger partial charge in [-0.15, -0.1) is 0 Å². The molecule has 0 unspecified atom stereocenters. The van der Waals surface area contributed by atoms with Crippen molar-refractivity contribution in [3.63, 3.8) is 0 Å². The van der Waals surface area contributed by atoms with E-state index in [2.05, 4.69) is 21.3 Å². The van der Waals surface area contributed by atoms with Crippen molar-refractivity contribution in [1.82, 2.24) is 0 Å². The summed E-state index contributed by atoms with van der Waals surface area (Å²) in [6.07, 6.45) is 0. The predicted octanol–water partition coefficient (Wildman–Crippen LogP) is 6.66. The van der Waals surface area contributed by atoms with Crippen LogP contribution in [0.25, 0.3) is 21.5 Å². The summed E-state index contributed by atoms with van der Waals surface area (Å²) in [5, 5.41) is 31.8. The Balaban J connectivity index is 1.11. The number of fused-ring (bicyclic) bond motifs is 2. The van der Waals surface area contributed by atoms with E-state index in [1.54, 1.807) is 13.8 Å². The molecule has 0 fully saturated rings. The molecule has 0 bridgehead atoms. The molecule has 15 nitrogen and oxygen atoms in total. The summed E-state index contributed by atoms with van der Waals surface area (Å²) in [7, 11) is -9.24. The van der Waals surface area contributed by atoms with Crippen LogP contribution in [0.15, 0.2) is 107 Å². The van der Waals surface area contributed by atoms with Crippen LogP contribution in [0.5, 0.6) is 11.5 Å². The first-order chi connectivity index (χ1) is 25.4. The van der Waals surface area contributed by atoms with E-state index in [-0.39, 0.29) is 55.5 Å². The van der Waals surface area contributed by atoms with E-state index in [9.17, 15) is 50.5 Å². The van der Waals surface area contributed by atoms with E-state index in [0.29, 0.717) is 22.5 Å². The van der Waals surface area contributed by atoms with Crippen LogP contribution in [-0.4, -0.2) is 54.0 Å². The molecule has 276 valence electrons. The molecule has 8 N–H and O–H groups in total. The number of hydrogen-bond acceptors (Lipinski definition) is 9. The number of aryl methyl sites for hydroxylation is 2. The second-order valence-corrected chi connectivity index (χ2v) is 15.0. The highest BCUT2D eigenvalue weighted by Crippen LogP contribution is 2.35. The molecule has 17 heteroatoms. The van der Waals surface area contributed by atoms with E-state index in [1.165, 1.54) is 97.1 Å². The fourth-order valence-corrected chi connectivity index (χ4v) is 7.24. The Hall–Kier alpha value is -6.53. The lowest BCUT2D eigenvalue weighted by Crippen LogP contribution is -2.21. The highest BCUT2D eigenvalue weighted by Gasteiger charge is 2.19. The second-order valence-electron chi connectivity index (χ2n) is 12.2. The molecule has 4 amide bonds. The molecule has 0 aliphatic rings. The number of carbonyl (C=O) groups excluding carboxylic acids is 3. The zero-order valence-corrected chi connectivity index (χ0v) is 29.8. The number of nitrogens with one attached hydrogen (secondary N) is 4. The van der Waals surface area contributed by atoms with Gasteiger partial charge in [0.25, 0.3) is 32.1 Å². The Bertz CT molecular complexity index is 2600. The van der Waals surface area contributed by atoms with Gasteiger partial charge in [-0.25, -0.2) is 4.79 Å². The third-order valence-corrected chi connectivity index (χ3v) is 10.2. The van der Waals surface area contributed by atoms with Crippen LogP contribution >= 0.6 is 0 Å². The lowest BCUT2D eigenvalue weighted by atomic mass is 10.1. The Kier molecular flexibility index (Phi) is 9.74. The first-order valence-corrected chi connectivity index (χ1v) is 18.7. The van der Waals surface area contributed by atoms with Gasteiger partial charge in [0.15, 0.2) is 0 Å². The average Bonchev–Trinajstić information content (AvgIpc) is 3.08. The lowest BCUT2D eigenvalue weighted by Gasteiger charge is -2.14. The van der Waals surface area contributed by atoms with Crippen molar-refractivity contribution in [3.05, 3.63) is 119 Å². The largest absolute Gasteiger partial charge is 0.507 e. The van der Waals surface area contributed by atoms with Gasteiger partial charge in [-0.3, -0.25) is 18.7 Å². The monoisotopic (exact) mass is 770 g/mol. The van der Waals surface area contributed by atoms with Gasteiger partial charge in [-0.1, -0.05) is 24.3 Å². The molecule has 0 atom stereocenters. The molecule has 0 aliphatic carbocycles. The van der Waals surface area contributed by atoms with Crippen molar-refractivity contribution in [1.29, 1.82) is 0 Å². The number of rotatable bonds is 8. The number of phenols is 2. The van der Waals surface area contributed by atoms with Gasteiger partial charge >= 0.3 is 6.03 Å². The molecule has 0 saturated heterocycles. The van der Waals surface area contributed by atoms with E-state index < -0.39 is 47.9 Å². The molecule has 6 aromatic carbocycles. The van der Waals surface area contributed by atoms with Gasteiger partial charge in [0.1, 0.15) is 21.3 Å². The smallest absolute Gasteiger partial charge is 0.323 e. The van der Waals surface area contributed by atoms with Crippen LogP contribution in [0.2, 0.25) is 0 Å². The second kappa shape index (κ2) is 14.1. The van der Waals surface area contributed by atoms with Crippen molar-refractivity contribution >= 4 is 82.4 Å². The van der Waals surface area contributed by atoms with E-state index in [1.807, 2.05) is 0 Å². The SMILES string of the molecule is Cc1cc(C(=O)Nc2cc(O)c3cccc(S(=O)(=O)O)c3c2)ccc1NC(=O)Nc1ccc(C(=O)Nc2cc(O)c3cccc(S(=O)(=O)O)c3c2)cc1C. The molecular formula is C37H30N4O11S2. The molecule has 0 radical (unpaired) electrons. The van der Waals surface area contributed by atoms with Crippen molar-refractivity contribution in [2.45, 2.75) is 23.6 Å². The van der Waals surface area contributed by atoms with E-state index >= 15 is 0 Å². The number of anilines is 4. The topological polar surface area (TPSA) is 249 Å². The Morgan fingerprint density at radius 3 is 1.24 bits per heavy atom. The van der Waals surface area contributed by atoms with Crippen molar-refractivity contribution in [2.24, 2.45) is 0 Å². The first kappa shape index (κ1) is 37.2. The Labute approximate surface area is 307 Å². The highest BCUT2D eigenvalue weighted by atomic mass is 32.2. The molecule has 0 aliphatic heterocycles. The summed E-state index contributed by atoms with van der Waals surface area (Å²) in [4.78, 5) is 38.2. The van der Waals surface area contributed by atoms with Crippen molar-refractivity contribution in [2.75, 3.05) is 21.3 Å². The lowest BCUT2D eigenvalue weighted by molar-refractivity contribution is 0.101. The fourth-order valence-electron chi connectivity index (χ4n) is 5.84. The van der Waals surface area contributed by atoms with Gasteiger partial charge in [0.2, 0.25) is 0 Å². The third-order valence-electron chi connectivity index (χ3n) is 8.41. The van der Waals surface area contributed by atoms with Gasteiger partial charge in [0, 0.05) is 67.6 Å². The van der Waals surface area contributed by atoms with Gasteiger partial charge < -0.3 is 31.5 Å². The van der Waals surface area contributed by atoms with Crippen LogP contribution in [-0.2, 0) is 20.2 Å². The maximum atomic E-state index is 13.1. The van der Waals surface area contributed by atoms with Gasteiger partial charge in [-0.2, -0.15) is 16.8 Å². The number of urea groups is 1. The zero-order chi connectivity index (χ0) is 39.1. The minimum atomic E-state index is -4.62. The number of carbonyl (C=O) groups is 3. The summed E-state index contributed by atoms with van der Waals surface area (Å²) >= 11 is 0. The number of benzene rings is 6. The van der Waals surface area contributed by atoms with Crippen molar-refractivity contribution in [3.8, 4) is 11.5 Å². The zero-order valence-electron chi connectivity index (χ0n) is 28.2. The minimum absolute atomic E-state index is 0.00601. The molecule has 54 heavy (non-hydrogen) atoms. The van der Waals surface area contributed by atoms with E-state index in [4.69, 9.17) is 0 Å². The summed E-state index contributed by atoms with van der Waals surface area (Å²) < 4.78 is 66.6. The van der Waals surface area contributed by atoms with Gasteiger partial charge in [-0.05, 0) is 85.6 Å². The van der Waals surface area contributed by atoms with Crippen LogP contribution in [0.4, 0.5) is 27.5 Å². The normalized spacial score (nSPS) is 11.6. The summed E-state index contributed by atoms with van der Waals surface area (Å²) in [6.45, 7) is 3.31. The van der Waals surface area contributed by atoms with Crippen LogP contribution < -0.4 is 21.3 Å². The third kappa shape index (κ3) is 7.79. The standard InChI is InChI=1S/C37H30N4O11S2/c1-19-13-21(35(44)38-23-15-27-25(31(42)17-23)5-3-7-33(27)53(47,48)49)9-11-29(19)40-37(46)41-30-12-10-22(14-20(30)2)36(45)39-24-16-28-26(32(43)18-24)6-4-8-34(28)54(50,51)52/h3-18,42-43H,1-2H3,(H,38,44)(H,39,45)(H2,40,41,46)(H,47,48,49)(H,50,51,52). The first-order valence-electron chi connectivity index (χ1n) is 15.8. The average molecular weight is 771 g/mol. The molecule has 6 rings (SSSR count). The van der Waals surface area contributed by atoms with Crippen LogP contribution in [0.3, 0.4) is 0 Å². The van der Waals surface area contributed by atoms with Crippen LogP contribution in [0.1, 0.15) is 31.8 Å². The molecule has 6 aromatic rings. The molecule has 0 saturated carbocycles. The van der Waals surface area contributed by atoms with E-state index in [0.717, 1.165) is 0 Å². The number of hydrogen-bond donors (Lipinski definition) is 8. The number of amides is 4. The Morgan fingerprint density at radius 1 is 0.500 bits per heavy atom. The van der Waals surface area contributed by atoms with Gasteiger partial charge in [0.05, 0.1) is 0 Å². The number of phenolic OH excluding ortho intramolecular Hbond substituents is 2. The maximum Gasteiger partial charge on any atom is 0.323 e. The van der Waals surface area contributed by atoms with Crippen LogP contribution in [0, 0.1) is 13.8 Å². The summed E-state index contributed by atoms with van der Waals surface area (Å²) in [5.74, 6) is -1.83. The minimum Gasteiger partial charge on any atom is -0.507 e. The molecular weight excluding hydrogens is 741 g/mol. The molecule has 0 heterocycles. The molecule has 0 spiro atoms. The van der Waals surface area contributed by atoms with Crippen molar-refractivity contribution < 1.29 is 50.5 Å². The quantitative estimate of drug-likeness (QED) is 0.0760. The summed E-state index contributed by atoms with van der Waals surface area (Å²) in [5.41, 5.74) is 2.28. The summed E-state index contributed by atoms with van der Waals surface area (Å²) in [6, 6.07) is 21.4. The maximum absolute atomic E-state index is 13.1. The molecule has 0 aromatic heterocycles. The number of aromatic hydroxyl groups is 2. The Morgan fingerprint density at radius 2 is 0.889 bits per heavy atom. The predicted molar refractivity (Wildman–Crippen MR) is 202 cm³/mol.